The number of anilines is 1. The fraction of sp³-hybridized carbons (Fsp3) is 0.154. The molecule has 2 heterocycles. The van der Waals surface area contributed by atoms with E-state index < -0.39 is 0 Å². The van der Waals surface area contributed by atoms with Crippen molar-refractivity contribution in [3.8, 4) is 5.75 Å². The monoisotopic (exact) mass is 306 g/mol. The van der Waals surface area contributed by atoms with Gasteiger partial charge in [-0.2, -0.15) is 0 Å². The number of ether oxygens (including phenoxy) is 1. The van der Waals surface area contributed by atoms with Gasteiger partial charge in [-0.05, 0) is 30.2 Å². The topological polar surface area (TPSA) is 67.4 Å². The van der Waals surface area contributed by atoms with Crippen LogP contribution in [0.25, 0.3) is 5.57 Å². The van der Waals surface area contributed by atoms with Crippen LogP contribution >= 0.6 is 24.0 Å². The van der Waals surface area contributed by atoms with Crippen LogP contribution in [0.1, 0.15) is 12.5 Å². The SMILES string of the molecule is C/C(=C1/SC(=S)NC1=O)c1ccc2c(c1)NC(=O)CO2. The first-order valence-corrected chi connectivity index (χ1v) is 7.08. The van der Waals surface area contributed by atoms with Gasteiger partial charge in [0.05, 0.1) is 10.6 Å². The van der Waals surface area contributed by atoms with Gasteiger partial charge in [0.15, 0.2) is 6.61 Å². The standard InChI is InChI=1S/C13H10N2O3S2/c1-6(11-12(17)15-13(19)20-11)7-2-3-9-8(4-7)14-10(16)5-18-9/h2-4H,5H2,1H3,(H,14,16)(H,15,17,19)/b11-6-. The Bertz CT molecular complexity index is 682. The minimum atomic E-state index is -0.186. The summed E-state index contributed by atoms with van der Waals surface area (Å²) in [7, 11) is 0. The fourth-order valence-electron chi connectivity index (χ4n) is 2.01. The second-order valence-corrected chi connectivity index (χ2v) is 6.03. The van der Waals surface area contributed by atoms with E-state index in [1.165, 1.54) is 11.8 Å². The lowest BCUT2D eigenvalue weighted by atomic mass is 10.1. The Morgan fingerprint density at radius 3 is 2.85 bits per heavy atom. The third-order valence-corrected chi connectivity index (χ3v) is 4.34. The number of fused-ring (bicyclic) bond motifs is 1. The number of nitrogens with one attached hydrogen (secondary N) is 2. The molecule has 102 valence electrons. The highest BCUT2D eigenvalue weighted by atomic mass is 32.2. The second kappa shape index (κ2) is 4.92. The number of amides is 2. The third kappa shape index (κ3) is 2.30. The van der Waals surface area contributed by atoms with Gasteiger partial charge in [0, 0.05) is 0 Å². The largest absolute Gasteiger partial charge is 0.482 e. The van der Waals surface area contributed by atoms with E-state index in [1.807, 2.05) is 13.0 Å². The molecule has 2 N–H and O–H groups in total. The van der Waals surface area contributed by atoms with Crippen LogP contribution in [-0.4, -0.2) is 22.7 Å². The molecule has 1 saturated heterocycles. The quantitative estimate of drug-likeness (QED) is 0.613. The Balaban J connectivity index is 2.01. The van der Waals surface area contributed by atoms with Crippen molar-refractivity contribution < 1.29 is 14.3 Å². The lowest BCUT2D eigenvalue weighted by Crippen LogP contribution is -2.25. The molecule has 5 nitrogen and oxygen atoms in total. The van der Waals surface area contributed by atoms with Gasteiger partial charge in [0.2, 0.25) is 0 Å². The van der Waals surface area contributed by atoms with Crippen LogP contribution in [0.15, 0.2) is 23.1 Å². The average Bonchev–Trinajstić information content (AvgIpc) is 2.76. The lowest BCUT2D eigenvalue weighted by Gasteiger charge is -2.18. The highest BCUT2D eigenvalue weighted by molar-refractivity contribution is 8.26. The van der Waals surface area contributed by atoms with Crippen molar-refractivity contribution >= 4 is 51.4 Å². The first kappa shape index (κ1) is 13.1. The van der Waals surface area contributed by atoms with E-state index in [0.29, 0.717) is 20.7 Å². The molecule has 1 fully saturated rings. The van der Waals surface area contributed by atoms with Crippen LogP contribution in [0.2, 0.25) is 0 Å². The summed E-state index contributed by atoms with van der Waals surface area (Å²) < 4.78 is 5.76. The van der Waals surface area contributed by atoms with Gasteiger partial charge in [-0.1, -0.05) is 30.0 Å². The number of thiocarbonyl (C=S) groups is 1. The molecule has 1 aromatic carbocycles. The first-order valence-electron chi connectivity index (χ1n) is 5.86. The van der Waals surface area contributed by atoms with E-state index in [9.17, 15) is 9.59 Å². The van der Waals surface area contributed by atoms with Crippen molar-refractivity contribution in [2.75, 3.05) is 11.9 Å². The molecule has 0 atom stereocenters. The minimum absolute atomic E-state index is 0.0267. The summed E-state index contributed by atoms with van der Waals surface area (Å²) in [6.45, 7) is 1.88. The normalized spacial score (nSPS) is 19.9. The fourth-order valence-corrected chi connectivity index (χ4v) is 3.09. The van der Waals surface area contributed by atoms with Crippen LogP contribution in [0.3, 0.4) is 0 Å². The molecule has 0 unspecified atom stereocenters. The summed E-state index contributed by atoms with van der Waals surface area (Å²) in [5.41, 5.74) is 2.27. The number of carbonyl (C=O) groups is 2. The molecule has 0 aromatic heterocycles. The Kier molecular flexibility index (Phi) is 3.23. The number of allylic oxidation sites excluding steroid dienone is 1. The highest BCUT2D eigenvalue weighted by Crippen LogP contribution is 2.35. The van der Waals surface area contributed by atoms with Crippen LogP contribution in [0.4, 0.5) is 5.69 Å². The highest BCUT2D eigenvalue weighted by Gasteiger charge is 2.25. The molecule has 0 aliphatic carbocycles. The number of carbonyl (C=O) groups excluding carboxylic acids is 2. The van der Waals surface area contributed by atoms with E-state index in [4.69, 9.17) is 17.0 Å². The number of benzene rings is 1. The summed E-state index contributed by atoms with van der Waals surface area (Å²) >= 11 is 6.22. The summed E-state index contributed by atoms with van der Waals surface area (Å²) in [5, 5.41) is 5.34. The molecule has 2 amide bonds. The maximum absolute atomic E-state index is 11.8. The van der Waals surface area contributed by atoms with Gasteiger partial charge in [0.1, 0.15) is 10.1 Å². The van der Waals surface area contributed by atoms with Gasteiger partial charge in [-0.3, -0.25) is 9.59 Å². The Labute approximate surface area is 124 Å². The number of rotatable bonds is 1. The molecule has 20 heavy (non-hydrogen) atoms. The van der Waals surface area contributed by atoms with Gasteiger partial charge in [-0.25, -0.2) is 0 Å². The Morgan fingerprint density at radius 1 is 1.35 bits per heavy atom. The number of hydrogen-bond donors (Lipinski definition) is 2. The van der Waals surface area contributed by atoms with Crippen LogP contribution in [-0.2, 0) is 9.59 Å². The molecule has 0 radical (unpaired) electrons. The summed E-state index contributed by atoms with van der Waals surface area (Å²) in [6, 6.07) is 5.43. The molecular weight excluding hydrogens is 296 g/mol. The molecular formula is C13H10N2O3S2. The molecule has 2 aliphatic rings. The predicted octanol–water partition coefficient (Wildman–Crippen LogP) is 1.90. The zero-order valence-electron chi connectivity index (χ0n) is 10.5. The molecule has 0 bridgehead atoms. The Morgan fingerprint density at radius 2 is 2.15 bits per heavy atom. The summed E-state index contributed by atoms with van der Waals surface area (Å²) in [4.78, 5) is 23.7. The van der Waals surface area contributed by atoms with Gasteiger partial charge in [0.25, 0.3) is 11.8 Å². The molecule has 3 rings (SSSR count). The number of thioether (sulfide) groups is 1. The zero-order valence-corrected chi connectivity index (χ0v) is 12.1. The lowest BCUT2D eigenvalue weighted by molar-refractivity contribution is -0.118. The average molecular weight is 306 g/mol. The van der Waals surface area contributed by atoms with Crippen LogP contribution in [0.5, 0.6) is 5.75 Å². The van der Waals surface area contributed by atoms with E-state index in [-0.39, 0.29) is 18.4 Å². The van der Waals surface area contributed by atoms with Crippen molar-refractivity contribution in [2.24, 2.45) is 0 Å². The third-order valence-electron chi connectivity index (χ3n) is 3.00. The summed E-state index contributed by atoms with van der Waals surface area (Å²) in [5.74, 6) is 0.259. The Hall–Kier alpha value is -1.86. The van der Waals surface area contributed by atoms with E-state index in [2.05, 4.69) is 10.6 Å². The van der Waals surface area contributed by atoms with Crippen LogP contribution in [0, 0.1) is 0 Å². The maximum Gasteiger partial charge on any atom is 0.263 e. The summed E-state index contributed by atoms with van der Waals surface area (Å²) in [6.07, 6.45) is 0. The second-order valence-electron chi connectivity index (χ2n) is 4.35. The van der Waals surface area contributed by atoms with E-state index in [1.54, 1.807) is 12.1 Å². The van der Waals surface area contributed by atoms with Gasteiger partial charge < -0.3 is 15.4 Å². The van der Waals surface area contributed by atoms with Gasteiger partial charge >= 0.3 is 0 Å². The van der Waals surface area contributed by atoms with Crippen molar-refractivity contribution in [1.29, 1.82) is 0 Å². The predicted molar refractivity (Wildman–Crippen MR) is 81.5 cm³/mol. The molecule has 2 aliphatic heterocycles. The molecule has 0 spiro atoms. The first-order chi connectivity index (χ1) is 9.54. The van der Waals surface area contributed by atoms with Crippen molar-refractivity contribution in [3.05, 3.63) is 28.7 Å². The van der Waals surface area contributed by atoms with Crippen molar-refractivity contribution in [2.45, 2.75) is 6.92 Å². The minimum Gasteiger partial charge on any atom is -0.482 e. The van der Waals surface area contributed by atoms with Crippen molar-refractivity contribution in [1.82, 2.24) is 5.32 Å². The van der Waals surface area contributed by atoms with Crippen molar-refractivity contribution in [3.63, 3.8) is 0 Å². The van der Waals surface area contributed by atoms with E-state index >= 15 is 0 Å². The van der Waals surface area contributed by atoms with Crippen LogP contribution < -0.4 is 15.4 Å². The molecule has 0 saturated carbocycles. The van der Waals surface area contributed by atoms with Gasteiger partial charge in [-0.15, -0.1) is 0 Å². The van der Waals surface area contributed by atoms with E-state index in [0.717, 1.165) is 11.1 Å². The zero-order chi connectivity index (χ0) is 14.3. The smallest absolute Gasteiger partial charge is 0.263 e. The maximum atomic E-state index is 11.8. The number of hydrogen-bond acceptors (Lipinski definition) is 5. The molecule has 1 aromatic rings. The molecule has 7 heteroatoms.